The van der Waals surface area contributed by atoms with Gasteiger partial charge in [0, 0.05) is 8.07 Å². The number of carbonyl (C=O) groups is 1. The summed E-state index contributed by atoms with van der Waals surface area (Å²) in [6, 6.07) is 9.18. The molecule has 0 spiro atoms. The summed E-state index contributed by atoms with van der Waals surface area (Å²) in [5.74, 6) is 0. The van der Waals surface area contributed by atoms with Gasteiger partial charge in [-0.3, -0.25) is 0 Å². The molecule has 0 heterocycles. The van der Waals surface area contributed by atoms with E-state index in [0.29, 0.717) is 0 Å². The molecule has 0 aliphatic rings. The SMILES string of the molecule is COC(=O)OCc1ccccc1C[Si](C)(C)C. The van der Waals surface area contributed by atoms with Crippen molar-refractivity contribution in [3.63, 3.8) is 0 Å². The lowest BCUT2D eigenvalue weighted by Gasteiger charge is -2.18. The Balaban J connectivity index is 2.74. The van der Waals surface area contributed by atoms with Gasteiger partial charge in [-0.2, -0.15) is 0 Å². The van der Waals surface area contributed by atoms with Crippen molar-refractivity contribution in [1.82, 2.24) is 0 Å². The van der Waals surface area contributed by atoms with Crippen LogP contribution in [0.4, 0.5) is 4.79 Å². The number of hydrogen-bond acceptors (Lipinski definition) is 3. The third-order valence-corrected chi connectivity index (χ3v) is 3.79. The van der Waals surface area contributed by atoms with Crippen LogP contribution in [-0.4, -0.2) is 21.3 Å². The summed E-state index contributed by atoms with van der Waals surface area (Å²) in [5, 5.41) is 0. The summed E-state index contributed by atoms with van der Waals surface area (Å²) in [6.07, 6.45) is -0.632. The summed E-state index contributed by atoms with van der Waals surface area (Å²) >= 11 is 0. The number of carbonyl (C=O) groups excluding carboxylic acids is 1. The smallest absolute Gasteiger partial charge is 0.438 e. The molecule has 1 aromatic carbocycles. The summed E-state index contributed by atoms with van der Waals surface area (Å²) in [7, 11) is 0.150. The molecular formula is C13H20O3Si. The van der Waals surface area contributed by atoms with E-state index in [1.54, 1.807) is 0 Å². The maximum atomic E-state index is 10.9. The predicted octanol–water partition coefficient (Wildman–Crippen LogP) is 3.39. The van der Waals surface area contributed by atoms with E-state index in [9.17, 15) is 4.79 Å². The molecule has 0 amide bonds. The second-order valence-electron chi connectivity index (χ2n) is 5.25. The molecule has 0 atom stereocenters. The van der Waals surface area contributed by atoms with Crippen LogP contribution in [0, 0.1) is 0 Å². The predicted molar refractivity (Wildman–Crippen MR) is 70.7 cm³/mol. The molecule has 4 heteroatoms. The molecule has 0 aliphatic carbocycles. The minimum atomic E-state index is -1.17. The number of benzene rings is 1. The molecule has 1 rings (SSSR count). The molecule has 0 aliphatic heterocycles. The molecule has 0 fully saturated rings. The van der Waals surface area contributed by atoms with E-state index < -0.39 is 14.2 Å². The molecule has 0 aromatic heterocycles. The van der Waals surface area contributed by atoms with Crippen LogP contribution in [-0.2, 0) is 22.1 Å². The molecule has 0 saturated carbocycles. The lowest BCUT2D eigenvalue weighted by molar-refractivity contribution is 0.0667. The maximum absolute atomic E-state index is 10.9. The van der Waals surface area contributed by atoms with Crippen molar-refractivity contribution in [2.75, 3.05) is 7.11 Å². The average Bonchev–Trinajstić information content (AvgIpc) is 2.25. The van der Waals surface area contributed by atoms with E-state index in [2.05, 4.69) is 30.4 Å². The van der Waals surface area contributed by atoms with E-state index in [-0.39, 0.29) is 6.61 Å². The molecular weight excluding hydrogens is 232 g/mol. The van der Waals surface area contributed by atoms with Crippen molar-refractivity contribution in [2.24, 2.45) is 0 Å². The topological polar surface area (TPSA) is 35.5 Å². The number of methoxy groups -OCH3 is 1. The van der Waals surface area contributed by atoms with Gasteiger partial charge in [0.25, 0.3) is 0 Å². The Morgan fingerprint density at radius 2 is 1.76 bits per heavy atom. The van der Waals surface area contributed by atoms with Crippen LogP contribution in [0.1, 0.15) is 11.1 Å². The van der Waals surface area contributed by atoms with Crippen molar-refractivity contribution in [3.8, 4) is 0 Å². The van der Waals surface area contributed by atoms with Crippen LogP contribution in [0.3, 0.4) is 0 Å². The van der Waals surface area contributed by atoms with Crippen molar-refractivity contribution in [3.05, 3.63) is 35.4 Å². The second-order valence-corrected chi connectivity index (χ2v) is 10.7. The van der Waals surface area contributed by atoms with Gasteiger partial charge >= 0.3 is 6.16 Å². The van der Waals surface area contributed by atoms with Crippen LogP contribution in [0.25, 0.3) is 0 Å². The van der Waals surface area contributed by atoms with Crippen molar-refractivity contribution in [1.29, 1.82) is 0 Å². The number of rotatable bonds is 4. The first kappa shape index (κ1) is 13.8. The van der Waals surface area contributed by atoms with Crippen LogP contribution < -0.4 is 0 Å². The molecule has 0 saturated heterocycles. The van der Waals surface area contributed by atoms with E-state index in [1.165, 1.54) is 12.7 Å². The molecule has 0 N–H and O–H groups in total. The Bertz CT molecular complexity index is 382. The van der Waals surface area contributed by atoms with Gasteiger partial charge in [-0.15, -0.1) is 0 Å². The van der Waals surface area contributed by atoms with Gasteiger partial charge in [0.1, 0.15) is 6.61 Å². The van der Waals surface area contributed by atoms with Crippen LogP contribution in [0.5, 0.6) is 0 Å². The Morgan fingerprint density at radius 3 is 2.29 bits per heavy atom. The zero-order valence-electron chi connectivity index (χ0n) is 10.9. The normalized spacial score (nSPS) is 11.1. The highest BCUT2D eigenvalue weighted by Gasteiger charge is 2.16. The van der Waals surface area contributed by atoms with Crippen LogP contribution in [0.15, 0.2) is 24.3 Å². The van der Waals surface area contributed by atoms with Crippen molar-refractivity contribution >= 4 is 14.2 Å². The van der Waals surface area contributed by atoms with E-state index >= 15 is 0 Å². The standard InChI is InChI=1S/C13H20O3Si/c1-15-13(14)16-9-11-7-5-6-8-12(11)10-17(2,3)4/h5-8H,9-10H2,1-4H3. The van der Waals surface area contributed by atoms with Crippen LogP contribution >= 0.6 is 0 Å². The Kier molecular flexibility index (Phi) is 4.75. The average molecular weight is 252 g/mol. The largest absolute Gasteiger partial charge is 0.508 e. The summed E-state index contributed by atoms with van der Waals surface area (Å²) < 4.78 is 9.45. The fraction of sp³-hybridized carbons (Fsp3) is 0.462. The number of hydrogen-bond donors (Lipinski definition) is 0. The maximum Gasteiger partial charge on any atom is 0.508 e. The van der Waals surface area contributed by atoms with Crippen LogP contribution in [0.2, 0.25) is 19.6 Å². The molecule has 3 nitrogen and oxygen atoms in total. The van der Waals surface area contributed by atoms with Gasteiger partial charge < -0.3 is 9.47 Å². The monoisotopic (exact) mass is 252 g/mol. The highest BCUT2D eigenvalue weighted by atomic mass is 28.3. The lowest BCUT2D eigenvalue weighted by Crippen LogP contribution is -2.24. The molecule has 1 aromatic rings. The molecule has 94 valence electrons. The minimum absolute atomic E-state index is 0.285. The Morgan fingerprint density at radius 1 is 1.18 bits per heavy atom. The lowest BCUT2D eigenvalue weighted by atomic mass is 10.1. The van der Waals surface area contributed by atoms with Gasteiger partial charge in [0.15, 0.2) is 0 Å². The van der Waals surface area contributed by atoms with E-state index in [4.69, 9.17) is 4.74 Å². The van der Waals surface area contributed by atoms with Gasteiger partial charge in [0.05, 0.1) is 7.11 Å². The summed E-state index contributed by atoms with van der Waals surface area (Å²) in [6.45, 7) is 7.26. The van der Waals surface area contributed by atoms with Gasteiger partial charge in [0.2, 0.25) is 0 Å². The quantitative estimate of drug-likeness (QED) is 0.608. The fourth-order valence-corrected chi connectivity index (χ4v) is 3.13. The first-order chi connectivity index (χ1) is 7.92. The Hall–Kier alpha value is -1.29. The highest BCUT2D eigenvalue weighted by Crippen LogP contribution is 2.17. The first-order valence-electron chi connectivity index (χ1n) is 5.70. The fourth-order valence-electron chi connectivity index (χ4n) is 1.64. The molecule has 17 heavy (non-hydrogen) atoms. The molecule has 0 unspecified atom stereocenters. The third-order valence-electron chi connectivity index (χ3n) is 2.35. The minimum Gasteiger partial charge on any atom is -0.438 e. The molecule has 0 bridgehead atoms. The Labute approximate surface area is 104 Å². The highest BCUT2D eigenvalue weighted by molar-refractivity contribution is 6.75. The van der Waals surface area contributed by atoms with Gasteiger partial charge in [-0.1, -0.05) is 43.9 Å². The van der Waals surface area contributed by atoms with E-state index in [0.717, 1.165) is 11.6 Å². The summed E-state index contributed by atoms with van der Waals surface area (Å²) in [5.41, 5.74) is 2.34. The first-order valence-corrected chi connectivity index (χ1v) is 9.40. The van der Waals surface area contributed by atoms with Gasteiger partial charge in [-0.05, 0) is 17.2 Å². The van der Waals surface area contributed by atoms with Crippen molar-refractivity contribution in [2.45, 2.75) is 32.3 Å². The zero-order chi connectivity index (χ0) is 12.9. The third kappa shape index (κ3) is 5.04. The van der Waals surface area contributed by atoms with E-state index in [1.807, 2.05) is 18.2 Å². The van der Waals surface area contributed by atoms with Crippen molar-refractivity contribution < 1.29 is 14.3 Å². The molecule has 0 radical (unpaired) electrons. The number of ether oxygens (including phenoxy) is 2. The second kappa shape index (κ2) is 5.86. The summed E-state index contributed by atoms with van der Waals surface area (Å²) in [4.78, 5) is 10.9. The zero-order valence-corrected chi connectivity index (χ0v) is 11.9. The van der Waals surface area contributed by atoms with Gasteiger partial charge in [-0.25, -0.2) is 4.79 Å².